The molecule has 0 N–H and O–H groups in total. The highest BCUT2D eigenvalue weighted by atomic mass is 19.1. The highest BCUT2D eigenvalue weighted by Crippen LogP contribution is 2.31. The van der Waals surface area contributed by atoms with Crippen LogP contribution in [0.1, 0.15) is 18.4 Å². The second-order valence-electron chi connectivity index (χ2n) is 5.12. The Hall–Kier alpha value is -1.04. The molecule has 2 aliphatic heterocycles. The van der Waals surface area contributed by atoms with Gasteiger partial charge >= 0.3 is 0 Å². The van der Waals surface area contributed by atoms with Crippen molar-refractivity contribution in [1.29, 1.82) is 0 Å². The predicted molar refractivity (Wildman–Crippen MR) is 65.5 cm³/mol. The Morgan fingerprint density at radius 1 is 1.11 bits per heavy atom. The van der Waals surface area contributed by atoms with Gasteiger partial charge in [0.2, 0.25) is 0 Å². The minimum atomic E-state index is -0.536. The molecular formula is C14H17F2NO2. The number of halogens is 2. The summed E-state index contributed by atoms with van der Waals surface area (Å²) in [5, 5.41) is 0. The second-order valence-corrected chi connectivity index (χ2v) is 5.12. The molecule has 2 heterocycles. The first kappa shape index (κ1) is 13.0. The predicted octanol–water partition coefficient (Wildman–Crippen LogP) is 2.30. The summed E-state index contributed by atoms with van der Waals surface area (Å²) in [4.78, 5) is 2.15. The van der Waals surface area contributed by atoms with Crippen LogP contribution in [0, 0.1) is 11.6 Å². The molecular weight excluding hydrogens is 252 g/mol. The van der Waals surface area contributed by atoms with Crippen molar-refractivity contribution in [2.24, 2.45) is 0 Å². The van der Waals surface area contributed by atoms with E-state index in [4.69, 9.17) is 9.47 Å². The summed E-state index contributed by atoms with van der Waals surface area (Å²) >= 11 is 0. The number of benzene rings is 1. The first-order valence-corrected chi connectivity index (χ1v) is 6.61. The fourth-order valence-corrected chi connectivity index (χ4v) is 2.73. The van der Waals surface area contributed by atoms with Crippen molar-refractivity contribution in [1.82, 2.24) is 4.90 Å². The van der Waals surface area contributed by atoms with E-state index in [0.717, 1.165) is 32.0 Å². The van der Waals surface area contributed by atoms with Crippen LogP contribution in [0.2, 0.25) is 0 Å². The molecule has 0 bridgehead atoms. The van der Waals surface area contributed by atoms with E-state index in [9.17, 15) is 8.78 Å². The summed E-state index contributed by atoms with van der Waals surface area (Å²) in [5.41, 5.74) is 0.533. The van der Waals surface area contributed by atoms with Crippen LogP contribution in [-0.2, 0) is 16.0 Å². The molecule has 3 rings (SSSR count). The molecule has 1 spiro atoms. The smallest absolute Gasteiger partial charge is 0.170 e. The highest BCUT2D eigenvalue weighted by molar-refractivity contribution is 5.18. The zero-order valence-electron chi connectivity index (χ0n) is 10.7. The molecule has 19 heavy (non-hydrogen) atoms. The van der Waals surface area contributed by atoms with Crippen molar-refractivity contribution < 1.29 is 18.3 Å². The standard InChI is InChI=1S/C14H17F2NO2/c15-12-2-1-11(13(16)9-12)10-17-5-3-14(4-6-17)18-7-8-19-14/h1-2,9H,3-8,10H2. The average Bonchev–Trinajstić information content (AvgIpc) is 2.84. The van der Waals surface area contributed by atoms with Gasteiger partial charge in [-0.1, -0.05) is 6.07 Å². The van der Waals surface area contributed by atoms with Crippen molar-refractivity contribution >= 4 is 0 Å². The molecule has 0 atom stereocenters. The molecule has 104 valence electrons. The third-order valence-electron chi connectivity index (χ3n) is 3.84. The average molecular weight is 269 g/mol. The molecule has 0 aliphatic carbocycles. The molecule has 0 amide bonds. The topological polar surface area (TPSA) is 21.7 Å². The van der Waals surface area contributed by atoms with Crippen LogP contribution in [0.5, 0.6) is 0 Å². The second kappa shape index (κ2) is 5.15. The quantitative estimate of drug-likeness (QED) is 0.822. The Balaban J connectivity index is 1.60. The fourth-order valence-electron chi connectivity index (χ4n) is 2.73. The van der Waals surface area contributed by atoms with Crippen molar-refractivity contribution in [2.45, 2.75) is 25.2 Å². The van der Waals surface area contributed by atoms with Gasteiger partial charge in [0.1, 0.15) is 11.6 Å². The molecule has 2 saturated heterocycles. The number of rotatable bonds is 2. The number of hydrogen-bond donors (Lipinski definition) is 0. The first-order valence-electron chi connectivity index (χ1n) is 6.61. The van der Waals surface area contributed by atoms with Crippen LogP contribution >= 0.6 is 0 Å². The lowest BCUT2D eigenvalue weighted by molar-refractivity contribution is -0.185. The van der Waals surface area contributed by atoms with Crippen molar-refractivity contribution in [3.63, 3.8) is 0 Å². The molecule has 0 aromatic heterocycles. The van der Waals surface area contributed by atoms with Gasteiger partial charge in [-0.15, -0.1) is 0 Å². The summed E-state index contributed by atoms with van der Waals surface area (Å²) in [7, 11) is 0. The lowest BCUT2D eigenvalue weighted by atomic mass is 10.0. The Morgan fingerprint density at radius 2 is 1.79 bits per heavy atom. The monoisotopic (exact) mass is 269 g/mol. The van der Waals surface area contributed by atoms with E-state index in [-0.39, 0.29) is 0 Å². The maximum absolute atomic E-state index is 13.6. The Kier molecular flexibility index (Phi) is 3.52. The van der Waals surface area contributed by atoms with Gasteiger partial charge in [-0.3, -0.25) is 4.90 Å². The number of likely N-dealkylation sites (tertiary alicyclic amines) is 1. The summed E-state index contributed by atoms with van der Waals surface area (Å²) < 4.78 is 37.7. The lowest BCUT2D eigenvalue weighted by Crippen LogP contribution is -2.44. The Labute approximate surface area is 111 Å². The van der Waals surface area contributed by atoms with Gasteiger partial charge in [0.15, 0.2) is 5.79 Å². The van der Waals surface area contributed by atoms with Gasteiger partial charge < -0.3 is 9.47 Å². The summed E-state index contributed by atoms with van der Waals surface area (Å²) in [6, 6.07) is 3.74. The van der Waals surface area contributed by atoms with E-state index < -0.39 is 17.4 Å². The number of nitrogens with zero attached hydrogens (tertiary/aromatic N) is 1. The van der Waals surface area contributed by atoms with Crippen LogP contribution in [0.15, 0.2) is 18.2 Å². The Bertz CT molecular complexity index is 451. The van der Waals surface area contributed by atoms with E-state index >= 15 is 0 Å². The van der Waals surface area contributed by atoms with Gasteiger partial charge in [-0.05, 0) is 6.07 Å². The zero-order valence-corrected chi connectivity index (χ0v) is 10.7. The molecule has 0 unspecified atom stereocenters. The van der Waals surface area contributed by atoms with Crippen LogP contribution in [-0.4, -0.2) is 37.0 Å². The maximum Gasteiger partial charge on any atom is 0.170 e. The molecule has 2 fully saturated rings. The number of ether oxygens (including phenoxy) is 2. The third kappa shape index (κ3) is 2.78. The van der Waals surface area contributed by atoms with E-state index in [0.29, 0.717) is 25.3 Å². The molecule has 0 saturated carbocycles. The van der Waals surface area contributed by atoms with E-state index in [2.05, 4.69) is 4.90 Å². The van der Waals surface area contributed by atoms with Crippen LogP contribution in [0.25, 0.3) is 0 Å². The van der Waals surface area contributed by atoms with Crippen LogP contribution in [0.3, 0.4) is 0 Å². The minimum absolute atomic E-state index is 0.405. The molecule has 1 aromatic carbocycles. The lowest BCUT2D eigenvalue weighted by Gasteiger charge is -2.37. The summed E-state index contributed by atoms with van der Waals surface area (Å²) in [5.74, 6) is -1.42. The normalized spacial score (nSPS) is 23.1. The number of hydrogen-bond acceptors (Lipinski definition) is 3. The fraction of sp³-hybridized carbons (Fsp3) is 0.571. The maximum atomic E-state index is 13.6. The van der Waals surface area contributed by atoms with E-state index in [1.54, 1.807) is 0 Å². The van der Waals surface area contributed by atoms with Gasteiger partial charge in [0.05, 0.1) is 13.2 Å². The molecule has 2 aliphatic rings. The highest BCUT2D eigenvalue weighted by Gasteiger charge is 2.39. The van der Waals surface area contributed by atoms with Crippen LogP contribution in [0.4, 0.5) is 8.78 Å². The minimum Gasteiger partial charge on any atom is -0.347 e. The zero-order chi connectivity index (χ0) is 13.3. The SMILES string of the molecule is Fc1ccc(CN2CCC3(CC2)OCCO3)c(F)c1. The Morgan fingerprint density at radius 3 is 2.42 bits per heavy atom. The summed E-state index contributed by atoms with van der Waals surface area (Å²) in [6.45, 7) is 3.43. The van der Waals surface area contributed by atoms with Gasteiger partial charge in [0.25, 0.3) is 0 Å². The van der Waals surface area contributed by atoms with Crippen molar-refractivity contribution in [3.8, 4) is 0 Å². The van der Waals surface area contributed by atoms with Gasteiger partial charge in [-0.2, -0.15) is 0 Å². The van der Waals surface area contributed by atoms with Crippen LogP contribution < -0.4 is 0 Å². The molecule has 5 heteroatoms. The van der Waals surface area contributed by atoms with E-state index in [1.807, 2.05) is 0 Å². The first-order chi connectivity index (χ1) is 9.17. The third-order valence-corrected chi connectivity index (χ3v) is 3.84. The molecule has 0 radical (unpaired) electrons. The van der Waals surface area contributed by atoms with Gasteiger partial charge in [-0.25, -0.2) is 8.78 Å². The van der Waals surface area contributed by atoms with Gasteiger partial charge in [0, 0.05) is 44.1 Å². The van der Waals surface area contributed by atoms with Crippen molar-refractivity contribution in [2.75, 3.05) is 26.3 Å². The largest absolute Gasteiger partial charge is 0.347 e. The van der Waals surface area contributed by atoms with E-state index in [1.165, 1.54) is 12.1 Å². The number of piperidine rings is 1. The van der Waals surface area contributed by atoms with Crippen molar-refractivity contribution in [3.05, 3.63) is 35.4 Å². The molecule has 3 nitrogen and oxygen atoms in total. The summed E-state index contributed by atoms with van der Waals surface area (Å²) in [6.07, 6.45) is 1.60. The molecule has 1 aromatic rings.